The molecule has 1 aromatic rings. The Kier molecular flexibility index (Phi) is 3.03. The van der Waals surface area contributed by atoms with Gasteiger partial charge in [-0.25, -0.2) is 0 Å². The molecule has 0 aliphatic carbocycles. The minimum Gasteiger partial charge on any atom is -0.298 e. The van der Waals surface area contributed by atoms with Gasteiger partial charge in [0.2, 0.25) is 0 Å². The maximum atomic E-state index is 10.4. The molecule has 0 aliphatic heterocycles. The molecule has 4 nitrogen and oxygen atoms in total. The van der Waals surface area contributed by atoms with Gasteiger partial charge in [0.25, 0.3) is 0 Å². The summed E-state index contributed by atoms with van der Waals surface area (Å²) in [7, 11) is 0. The van der Waals surface area contributed by atoms with Crippen molar-refractivity contribution in [2.75, 3.05) is 0 Å². The molecule has 0 atom stereocenters. The first-order valence-corrected chi connectivity index (χ1v) is 3.63. The van der Waals surface area contributed by atoms with Crippen LogP contribution in [-0.4, -0.2) is 12.6 Å². The van der Waals surface area contributed by atoms with E-state index in [1.807, 2.05) is 0 Å². The molecule has 13 heavy (non-hydrogen) atoms. The van der Waals surface area contributed by atoms with E-state index in [9.17, 15) is 14.5 Å². The first-order chi connectivity index (χ1) is 6.30. The minimum atomic E-state index is -0.0253. The molecule has 1 rings (SSSR count). The van der Waals surface area contributed by atoms with Gasteiger partial charge in [-0.2, -0.15) is 4.91 Å². The fraction of sp³-hybridized carbons (Fsp3) is 0.111. The molecule has 0 aromatic heterocycles. The zero-order valence-corrected chi connectivity index (χ0v) is 6.77. The van der Waals surface area contributed by atoms with Crippen molar-refractivity contribution in [3.8, 4) is 0 Å². The summed E-state index contributed by atoms with van der Waals surface area (Å²) < 4.78 is 0. The molecule has 0 radical (unpaired) electrons. The maximum absolute atomic E-state index is 10.4. The van der Waals surface area contributed by atoms with Crippen LogP contribution in [0.1, 0.15) is 26.3 Å². The largest absolute Gasteiger partial charge is 0.298 e. The maximum Gasteiger partial charge on any atom is 0.150 e. The van der Waals surface area contributed by atoms with Gasteiger partial charge < -0.3 is 0 Å². The molecule has 1 aromatic carbocycles. The van der Waals surface area contributed by atoms with Gasteiger partial charge in [-0.1, -0.05) is 5.18 Å². The van der Waals surface area contributed by atoms with Crippen molar-refractivity contribution in [3.63, 3.8) is 0 Å². The van der Waals surface area contributed by atoms with E-state index in [-0.39, 0.29) is 6.54 Å². The van der Waals surface area contributed by atoms with Gasteiger partial charge in [-0.05, 0) is 23.8 Å². The van der Waals surface area contributed by atoms with Crippen LogP contribution in [0, 0.1) is 4.91 Å². The number of aldehydes is 2. The van der Waals surface area contributed by atoms with Crippen LogP contribution < -0.4 is 0 Å². The number of carbonyl (C=O) groups is 2. The lowest BCUT2D eigenvalue weighted by molar-refractivity contribution is 0.112. The molecule has 0 unspecified atom stereocenters. The standard InChI is InChI=1S/C9H7NO3/c11-5-8-1-7(4-10-13)2-9(3-8)6-12/h1-3,5-6H,4H2. The zero-order valence-electron chi connectivity index (χ0n) is 6.77. The fourth-order valence-electron chi connectivity index (χ4n) is 1.05. The summed E-state index contributed by atoms with van der Waals surface area (Å²) in [5.41, 5.74) is 1.33. The number of nitroso groups, excluding NO2 is 1. The van der Waals surface area contributed by atoms with Gasteiger partial charge in [0.05, 0.1) is 0 Å². The first-order valence-electron chi connectivity index (χ1n) is 3.63. The van der Waals surface area contributed by atoms with Gasteiger partial charge in [0, 0.05) is 11.1 Å². The number of hydrogen-bond donors (Lipinski definition) is 0. The van der Waals surface area contributed by atoms with Crippen LogP contribution in [0.4, 0.5) is 0 Å². The first kappa shape index (κ1) is 9.25. The normalized spacial score (nSPS) is 9.23. The second-order valence-corrected chi connectivity index (χ2v) is 2.53. The second kappa shape index (κ2) is 4.25. The highest BCUT2D eigenvalue weighted by molar-refractivity contribution is 5.82. The SMILES string of the molecule is O=Cc1cc(C=O)cc(CN=O)c1. The van der Waals surface area contributed by atoms with Crippen LogP contribution in [-0.2, 0) is 6.54 Å². The molecule has 4 heteroatoms. The summed E-state index contributed by atoms with van der Waals surface area (Å²) in [4.78, 5) is 30.8. The smallest absolute Gasteiger partial charge is 0.150 e. The molecule has 0 saturated carbocycles. The fourth-order valence-corrected chi connectivity index (χ4v) is 1.05. The molecule has 0 aliphatic rings. The lowest BCUT2D eigenvalue weighted by Crippen LogP contribution is -1.90. The molecule has 0 bridgehead atoms. The molecule has 0 spiro atoms. The lowest BCUT2D eigenvalue weighted by atomic mass is 10.1. The Morgan fingerprint density at radius 3 is 2.00 bits per heavy atom. The van der Waals surface area contributed by atoms with Crippen LogP contribution in [0.25, 0.3) is 0 Å². The third-order valence-electron chi connectivity index (χ3n) is 1.56. The van der Waals surface area contributed by atoms with Crippen molar-refractivity contribution >= 4 is 12.6 Å². The number of nitrogens with zero attached hydrogens (tertiary/aromatic N) is 1. The summed E-state index contributed by atoms with van der Waals surface area (Å²) in [6.07, 6.45) is 1.25. The highest BCUT2D eigenvalue weighted by Gasteiger charge is 1.99. The Morgan fingerprint density at radius 1 is 1.08 bits per heavy atom. The highest BCUT2D eigenvalue weighted by Crippen LogP contribution is 2.08. The molecular weight excluding hydrogens is 170 g/mol. The van der Waals surface area contributed by atoms with Crippen LogP contribution in [0.3, 0.4) is 0 Å². The van der Waals surface area contributed by atoms with Crippen LogP contribution in [0.5, 0.6) is 0 Å². The van der Waals surface area contributed by atoms with E-state index >= 15 is 0 Å². The van der Waals surface area contributed by atoms with Gasteiger partial charge >= 0.3 is 0 Å². The highest BCUT2D eigenvalue weighted by atomic mass is 16.3. The Morgan fingerprint density at radius 2 is 1.62 bits per heavy atom. The van der Waals surface area contributed by atoms with E-state index in [2.05, 4.69) is 5.18 Å². The minimum absolute atomic E-state index is 0.0253. The topological polar surface area (TPSA) is 63.6 Å². The van der Waals surface area contributed by atoms with Crippen molar-refractivity contribution in [2.24, 2.45) is 5.18 Å². The summed E-state index contributed by atoms with van der Waals surface area (Å²) in [6.45, 7) is -0.0253. The third kappa shape index (κ3) is 2.30. The Hall–Kier alpha value is -1.84. The van der Waals surface area contributed by atoms with Gasteiger partial charge in [-0.3, -0.25) is 9.59 Å². The van der Waals surface area contributed by atoms with Gasteiger partial charge in [-0.15, -0.1) is 0 Å². The monoisotopic (exact) mass is 177 g/mol. The quantitative estimate of drug-likeness (QED) is 0.518. The molecule has 66 valence electrons. The third-order valence-corrected chi connectivity index (χ3v) is 1.56. The summed E-state index contributed by atoms with van der Waals surface area (Å²) in [5.74, 6) is 0. The van der Waals surface area contributed by atoms with Gasteiger partial charge in [0.15, 0.2) is 0 Å². The molecule has 0 N–H and O–H groups in total. The molecular formula is C9H7NO3. The van der Waals surface area contributed by atoms with E-state index in [1.54, 1.807) is 0 Å². The number of hydrogen-bond acceptors (Lipinski definition) is 4. The van der Waals surface area contributed by atoms with Crippen LogP contribution in [0.2, 0.25) is 0 Å². The zero-order chi connectivity index (χ0) is 9.68. The van der Waals surface area contributed by atoms with E-state index < -0.39 is 0 Å². The van der Waals surface area contributed by atoms with Crippen molar-refractivity contribution in [3.05, 3.63) is 39.8 Å². The molecule has 0 saturated heterocycles. The van der Waals surface area contributed by atoms with E-state index in [4.69, 9.17) is 0 Å². The number of benzene rings is 1. The average molecular weight is 177 g/mol. The van der Waals surface area contributed by atoms with Crippen molar-refractivity contribution in [2.45, 2.75) is 6.54 Å². The van der Waals surface area contributed by atoms with E-state index in [0.717, 1.165) is 0 Å². The van der Waals surface area contributed by atoms with Crippen molar-refractivity contribution in [1.29, 1.82) is 0 Å². The molecule has 0 fully saturated rings. The van der Waals surface area contributed by atoms with Crippen molar-refractivity contribution < 1.29 is 9.59 Å². The second-order valence-electron chi connectivity index (χ2n) is 2.53. The molecule has 0 heterocycles. The van der Waals surface area contributed by atoms with Gasteiger partial charge in [0.1, 0.15) is 19.1 Å². The van der Waals surface area contributed by atoms with Crippen LogP contribution in [0.15, 0.2) is 23.4 Å². The summed E-state index contributed by atoms with van der Waals surface area (Å²) in [5, 5.41) is 2.67. The average Bonchev–Trinajstić information content (AvgIpc) is 2.17. The Balaban J connectivity index is 3.13. The molecule has 0 amide bonds. The Bertz CT molecular complexity index is 320. The summed E-state index contributed by atoms with van der Waals surface area (Å²) in [6, 6.07) is 4.51. The number of rotatable bonds is 4. The predicted octanol–water partition coefficient (Wildman–Crippen LogP) is 1.58. The van der Waals surface area contributed by atoms with E-state index in [1.165, 1.54) is 18.2 Å². The van der Waals surface area contributed by atoms with E-state index in [0.29, 0.717) is 29.3 Å². The lowest BCUT2D eigenvalue weighted by Gasteiger charge is -1.97. The summed E-state index contributed by atoms with van der Waals surface area (Å²) >= 11 is 0. The number of carbonyl (C=O) groups excluding carboxylic acids is 2. The Labute approximate surface area is 74.5 Å². The predicted molar refractivity (Wildman–Crippen MR) is 46.7 cm³/mol. The van der Waals surface area contributed by atoms with Crippen molar-refractivity contribution in [1.82, 2.24) is 0 Å². The van der Waals surface area contributed by atoms with Crippen LogP contribution >= 0.6 is 0 Å².